The van der Waals surface area contributed by atoms with E-state index in [0.29, 0.717) is 5.92 Å². The Morgan fingerprint density at radius 2 is 2.09 bits per heavy atom. The van der Waals surface area contributed by atoms with E-state index in [1.807, 2.05) is 32.6 Å². The zero-order valence-corrected chi connectivity index (χ0v) is 13.4. The maximum Gasteiger partial charge on any atom is 0.128 e. The van der Waals surface area contributed by atoms with Crippen molar-refractivity contribution in [3.8, 4) is 0 Å². The minimum atomic E-state index is 0.596. The van der Waals surface area contributed by atoms with Gasteiger partial charge in [0, 0.05) is 39.6 Å². The van der Waals surface area contributed by atoms with E-state index in [9.17, 15) is 0 Å². The Bertz CT molecular complexity index is 597. The van der Waals surface area contributed by atoms with Crippen LogP contribution in [0.2, 0.25) is 0 Å². The maximum atomic E-state index is 4.45. The lowest BCUT2D eigenvalue weighted by Crippen LogP contribution is -2.34. The minimum absolute atomic E-state index is 0.596. The quantitative estimate of drug-likeness (QED) is 0.868. The highest BCUT2D eigenvalue weighted by molar-refractivity contribution is 5.40. The third-order valence-corrected chi connectivity index (χ3v) is 4.32. The second-order valence-corrected chi connectivity index (χ2v) is 6.24. The van der Waals surface area contributed by atoms with Gasteiger partial charge in [-0.3, -0.25) is 9.88 Å². The van der Waals surface area contributed by atoms with Crippen molar-refractivity contribution in [3.05, 3.63) is 54.0 Å². The molecule has 0 radical (unpaired) electrons. The summed E-state index contributed by atoms with van der Waals surface area (Å²) in [6.45, 7) is 3.22. The largest absolute Gasteiger partial charge is 0.363 e. The van der Waals surface area contributed by atoms with Crippen molar-refractivity contribution < 1.29 is 0 Å². The Labute approximate surface area is 132 Å². The van der Waals surface area contributed by atoms with Gasteiger partial charge in [0.05, 0.1) is 5.69 Å². The van der Waals surface area contributed by atoms with Gasteiger partial charge in [-0.25, -0.2) is 4.98 Å². The van der Waals surface area contributed by atoms with Crippen molar-refractivity contribution in [2.45, 2.75) is 25.3 Å². The highest BCUT2D eigenvalue weighted by Crippen LogP contribution is 2.28. The lowest BCUT2D eigenvalue weighted by atomic mass is 9.91. The number of likely N-dealkylation sites (tertiary alicyclic amines) is 1. The van der Waals surface area contributed by atoms with E-state index in [-0.39, 0.29) is 0 Å². The van der Waals surface area contributed by atoms with Gasteiger partial charge in [-0.15, -0.1) is 0 Å². The molecule has 0 bridgehead atoms. The Balaban J connectivity index is 1.69. The molecule has 1 aliphatic rings. The number of hydrogen-bond acceptors (Lipinski definition) is 4. The first-order valence-corrected chi connectivity index (χ1v) is 7.98. The molecule has 0 aromatic carbocycles. The summed E-state index contributed by atoms with van der Waals surface area (Å²) in [5.41, 5.74) is 2.57. The van der Waals surface area contributed by atoms with E-state index in [0.717, 1.165) is 24.6 Å². The van der Waals surface area contributed by atoms with Crippen LogP contribution in [0.25, 0.3) is 0 Å². The predicted octanol–water partition coefficient (Wildman–Crippen LogP) is 2.92. The summed E-state index contributed by atoms with van der Waals surface area (Å²) < 4.78 is 0. The van der Waals surface area contributed by atoms with Gasteiger partial charge in [0.25, 0.3) is 0 Å². The first kappa shape index (κ1) is 15.0. The van der Waals surface area contributed by atoms with Crippen LogP contribution in [-0.4, -0.2) is 42.1 Å². The second-order valence-electron chi connectivity index (χ2n) is 6.24. The van der Waals surface area contributed by atoms with E-state index in [1.165, 1.54) is 24.9 Å². The van der Waals surface area contributed by atoms with E-state index in [1.54, 1.807) is 0 Å². The fourth-order valence-corrected chi connectivity index (χ4v) is 3.12. The molecule has 116 valence electrons. The third-order valence-electron chi connectivity index (χ3n) is 4.32. The molecule has 0 aliphatic carbocycles. The third kappa shape index (κ3) is 3.63. The molecule has 1 aliphatic heterocycles. The van der Waals surface area contributed by atoms with Crippen LogP contribution in [0, 0.1) is 0 Å². The van der Waals surface area contributed by atoms with Crippen LogP contribution in [0.3, 0.4) is 0 Å². The van der Waals surface area contributed by atoms with Gasteiger partial charge in [0.15, 0.2) is 0 Å². The van der Waals surface area contributed by atoms with Crippen molar-refractivity contribution in [2.24, 2.45) is 0 Å². The number of pyridine rings is 2. The molecule has 4 heteroatoms. The molecule has 2 aromatic heterocycles. The van der Waals surface area contributed by atoms with Gasteiger partial charge in [-0.05, 0) is 55.1 Å². The van der Waals surface area contributed by atoms with E-state index in [2.05, 4.69) is 44.0 Å². The summed E-state index contributed by atoms with van der Waals surface area (Å²) in [5.74, 6) is 1.64. The Kier molecular flexibility index (Phi) is 4.68. The van der Waals surface area contributed by atoms with E-state index >= 15 is 0 Å². The number of rotatable bonds is 4. The first-order valence-electron chi connectivity index (χ1n) is 7.98. The molecule has 3 heterocycles. The minimum Gasteiger partial charge on any atom is -0.363 e. The van der Waals surface area contributed by atoms with Crippen LogP contribution in [-0.2, 0) is 6.54 Å². The van der Waals surface area contributed by atoms with Crippen molar-refractivity contribution in [1.82, 2.24) is 14.9 Å². The monoisotopic (exact) mass is 296 g/mol. The molecule has 4 nitrogen and oxygen atoms in total. The number of piperidine rings is 1. The number of aromatic nitrogens is 2. The fraction of sp³-hybridized carbons (Fsp3) is 0.444. The standard InChI is InChI=1S/C18H24N4/c1-21(2)18-12-15(8-10-20-18)16-6-5-11-22(13-16)14-17-7-3-4-9-19-17/h3-4,7-10,12,16H,5-6,11,13-14H2,1-2H3/t16-/m0/s1. The van der Waals surface area contributed by atoms with Crippen molar-refractivity contribution in [2.75, 3.05) is 32.1 Å². The van der Waals surface area contributed by atoms with Crippen LogP contribution in [0.4, 0.5) is 5.82 Å². The van der Waals surface area contributed by atoms with Gasteiger partial charge in [0.1, 0.15) is 5.82 Å². The molecular formula is C18H24N4. The molecule has 1 fully saturated rings. The summed E-state index contributed by atoms with van der Waals surface area (Å²) in [6.07, 6.45) is 6.32. The highest BCUT2D eigenvalue weighted by Gasteiger charge is 2.22. The number of hydrogen-bond donors (Lipinski definition) is 0. The topological polar surface area (TPSA) is 32.3 Å². The Morgan fingerprint density at radius 1 is 1.18 bits per heavy atom. The average molecular weight is 296 g/mol. The van der Waals surface area contributed by atoms with Crippen molar-refractivity contribution >= 4 is 5.82 Å². The van der Waals surface area contributed by atoms with Crippen LogP contribution in [0.5, 0.6) is 0 Å². The zero-order valence-electron chi connectivity index (χ0n) is 13.4. The predicted molar refractivity (Wildman–Crippen MR) is 90.1 cm³/mol. The van der Waals surface area contributed by atoms with Gasteiger partial charge in [0.2, 0.25) is 0 Å². The SMILES string of the molecule is CN(C)c1cc([C@H]2CCCN(Cc3ccccn3)C2)ccn1. The number of nitrogens with zero attached hydrogens (tertiary/aromatic N) is 4. The smallest absolute Gasteiger partial charge is 0.128 e. The summed E-state index contributed by atoms with van der Waals surface area (Å²) in [4.78, 5) is 13.5. The van der Waals surface area contributed by atoms with Gasteiger partial charge >= 0.3 is 0 Å². The van der Waals surface area contributed by atoms with Crippen LogP contribution in [0.15, 0.2) is 42.7 Å². The normalized spacial score (nSPS) is 19.1. The average Bonchev–Trinajstić information content (AvgIpc) is 2.56. The van der Waals surface area contributed by atoms with Crippen LogP contribution in [0.1, 0.15) is 30.0 Å². The van der Waals surface area contributed by atoms with E-state index < -0.39 is 0 Å². The summed E-state index contributed by atoms with van der Waals surface area (Å²) in [5, 5.41) is 0. The maximum absolute atomic E-state index is 4.45. The highest BCUT2D eigenvalue weighted by atomic mass is 15.1. The molecule has 0 N–H and O–H groups in total. The Hall–Kier alpha value is -1.94. The van der Waals surface area contributed by atoms with Crippen molar-refractivity contribution in [3.63, 3.8) is 0 Å². The molecule has 0 spiro atoms. The second kappa shape index (κ2) is 6.88. The first-order chi connectivity index (χ1) is 10.7. The molecular weight excluding hydrogens is 272 g/mol. The van der Waals surface area contributed by atoms with Gasteiger partial charge in [-0.2, -0.15) is 0 Å². The number of anilines is 1. The molecule has 0 unspecified atom stereocenters. The van der Waals surface area contributed by atoms with Gasteiger partial charge in [-0.1, -0.05) is 6.07 Å². The summed E-state index contributed by atoms with van der Waals surface area (Å²) in [6, 6.07) is 10.6. The molecule has 0 amide bonds. The lowest BCUT2D eigenvalue weighted by molar-refractivity contribution is 0.198. The van der Waals surface area contributed by atoms with E-state index in [4.69, 9.17) is 0 Å². The Morgan fingerprint density at radius 3 is 2.86 bits per heavy atom. The van der Waals surface area contributed by atoms with Crippen molar-refractivity contribution in [1.29, 1.82) is 0 Å². The molecule has 0 saturated carbocycles. The lowest BCUT2D eigenvalue weighted by Gasteiger charge is -2.33. The summed E-state index contributed by atoms with van der Waals surface area (Å²) >= 11 is 0. The summed E-state index contributed by atoms with van der Waals surface area (Å²) in [7, 11) is 4.08. The van der Waals surface area contributed by atoms with Crippen LogP contribution < -0.4 is 4.90 Å². The molecule has 1 atom stereocenters. The zero-order chi connectivity index (χ0) is 15.4. The fourth-order valence-electron chi connectivity index (χ4n) is 3.12. The molecule has 1 saturated heterocycles. The molecule has 22 heavy (non-hydrogen) atoms. The van der Waals surface area contributed by atoms with Crippen LogP contribution >= 0.6 is 0 Å². The molecule has 3 rings (SSSR count). The van der Waals surface area contributed by atoms with Gasteiger partial charge < -0.3 is 4.90 Å². The molecule has 2 aromatic rings.